The van der Waals surface area contributed by atoms with Gasteiger partial charge < -0.3 is 14.4 Å². The second-order valence-electron chi connectivity index (χ2n) is 6.56. The summed E-state index contributed by atoms with van der Waals surface area (Å²) in [4.78, 5) is 16.5. The fourth-order valence-corrected chi connectivity index (χ4v) is 3.28. The summed E-state index contributed by atoms with van der Waals surface area (Å²) in [5.41, 5.74) is 2.43. The number of amides is 1. The maximum atomic E-state index is 12.5. The molecule has 1 aromatic carbocycles. The second kappa shape index (κ2) is 6.99. The maximum absolute atomic E-state index is 12.5. The molecule has 2 aliphatic heterocycles. The Morgan fingerprint density at radius 3 is 2.52 bits per heavy atom. The topological polar surface area (TPSA) is 42.0 Å². The first kappa shape index (κ1) is 16.4. The van der Waals surface area contributed by atoms with Crippen molar-refractivity contribution in [2.75, 3.05) is 39.9 Å². The molecule has 23 heavy (non-hydrogen) atoms. The van der Waals surface area contributed by atoms with E-state index in [0.717, 1.165) is 25.9 Å². The molecule has 2 saturated heterocycles. The predicted octanol–water partition coefficient (Wildman–Crippen LogP) is 1.79. The molecule has 2 aliphatic rings. The normalized spacial score (nSPS) is 20.8. The van der Waals surface area contributed by atoms with Crippen LogP contribution in [0.15, 0.2) is 24.3 Å². The van der Waals surface area contributed by atoms with E-state index in [9.17, 15) is 4.79 Å². The molecule has 0 radical (unpaired) electrons. The summed E-state index contributed by atoms with van der Waals surface area (Å²) in [6.45, 7) is 6.30. The van der Waals surface area contributed by atoms with Crippen molar-refractivity contribution in [1.29, 1.82) is 0 Å². The zero-order valence-corrected chi connectivity index (χ0v) is 14.1. The Kier molecular flexibility index (Phi) is 4.99. The number of ether oxygens (including phenoxy) is 2. The Morgan fingerprint density at radius 1 is 1.22 bits per heavy atom. The molecule has 1 aromatic rings. The van der Waals surface area contributed by atoms with Crippen LogP contribution in [0.1, 0.15) is 24.0 Å². The number of likely N-dealkylation sites (N-methyl/N-ethyl adjacent to an activating group) is 1. The van der Waals surface area contributed by atoms with Crippen molar-refractivity contribution in [1.82, 2.24) is 9.80 Å². The highest BCUT2D eigenvalue weighted by molar-refractivity contribution is 5.78. The van der Waals surface area contributed by atoms with Crippen molar-refractivity contribution in [3.8, 4) is 0 Å². The molecule has 1 spiro atoms. The molecule has 0 aliphatic carbocycles. The lowest BCUT2D eigenvalue weighted by molar-refractivity contribution is -0.186. The highest BCUT2D eigenvalue weighted by Crippen LogP contribution is 2.31. The van der Waals surface area contributed by atoms with E-state index in [4.69, 9.17) is 9.47 Å². The lowest BCUT2D eigenvalue weighted by Gasteiger charge is -2.37. The third kappa shape index (κ3) is 3.91. The van der Waals surface area contributed by atoms with Crippen LogP contribution in [0.3, 0.4) is 0 Å². The number of nitrogens with zero attached hydrogens (tertiary/aromatic N) is 2. The van der Waals surface area contributed by atoms with Gasteiger partial charge in [0, 0.05) is 39.5 Å². The van der Waals surface area contributed by atoms with Gasteiger partial charge in [-0.25, -0.2) is 0 Å². The molecule has 0 N–H and O–H groups in total. The van der Waals surface area contributed by atoms with Gasteiger partial charge in [-0.2, -0.15) is 0 Å². The standard InChI is InChI=1S/C18H26N2O3/c1-15-5-3-4-6-16(15)13-19(2)17(21)14-20-9-7-18(8-10-20)22-11-12-23-18/h3-6H,7-14H2,1-2H3. The average molecular weight is 318 g/mol. The van der Waals surface area contributed by atoms with Gasteiger partial charge in [0.15, 0.2) is 5.79 Å². The summed E-state index contributed by atoms with van der Waals surface area (Å²) in [7, 11) is 1.88. The fourth-order valence-electron chi connectivity index (χ4n) is 3.28. The van der Waals surface area contributed by atoms with E-state index < -0.39 is 0 Å². The van der Waals surface area contributed by atoms with E-state index >= 15 is 0 Å². The first-order valence-electron chi connectivity index (χ1n) is 8.37. The lowest BCUT2D eigenvalue weighted by atomic mass is 10.0. The van der Waals surface area contributed by atoms with Crippen LogP contribution in [-0.4, -0.2) is 61.4 Å². The summed E-state index contributed by atoms with van der Waals surface area (Å²) in [6.07, 6.45) is 1.70. The SMILES string of the molecule is Cc1ccccc1CN(C)C(=O)CN1CCC2(CC1)OCCO2. The molecule has 5 heteroatoms. The van der Waals surface area contributed by atoms with Crippen molar-refractivity contribution in [2.45, 2.75) is 32.1 Å². The second-order valence-corrected chi connectivity index (χ2v) is 6.56. The third-order valence-electron chi connectivity index (χ3n) is 4.88. The minimum atomic E-state index is -0.368. The zero-order valence-electron chi connectivity index (χ0n) is 14.1. The molecular weight excluding hydrogens is 292 g/mol. The van der Waals surface area contributed by atoms with Crippen molar-refractivity contribution in [3.63, 3.8) is 0 Å². The molecule has 2 heterocycles. The number of hydrogen-bond acceptors (Lipinski definition) is 4. The highest BCUT2D eigenvalue weighted by Gasteiger charge is 2.40. The van der Waals surface area contributed by atoms with Gasteiger partial charge in [-0.15, -0.1) is 0 Å². The van der Waals surface area contributed by atoms with E-state index in [1.54, 1.807) is 0 Å². The molecule has 1 amide bonds. The fraction of sp³-hybridized carbons (Fsp3) is 0.611. The van der Waals surface area contributed by atoms with Crippen LogP contribution in [0.5, 0.6) is 0 Å². The van der Waals surface area contributed by atoms with Crippen LogP contribution in [0, 0.1) is 6.92 Å². The number of benzene rings is 1. The molecule has 0 unspecified atom stereocenters. The Morgan fingerprint density at radius 2 is 1.87 bits per heavy atom. The number of aryl methyl sites for hydroxylation is 1. The first-order valence-corrected chi connectivity index (χ1v) is 8.37. The third-order valence-corrected chi connectivity index (χ3v) is 4.88. The van der Waals surface area contributed by atoms with E-state index in [1.165, 1.54) is 11.1 Å². The van der Waals surface area contributed by atoms with E-state index in [-0.39, 0.29) is 11.7 Å². The molecule has 5 nitrogen and oxygen atoms in total. The number of rotatable bonds is 4. The molecule has 0 saturated carbocycles. The monoisotopic (exact) mass is 318 g/mol. The van der Waals surface area contributed by atoms with Crippen LogP contribution in [0.4, 0.5) is 0 Å². The number of hydrogen-bond donors (Lipinski definition) is 0. The van der Waals surface area contributed by atoms with Crippen LogP contribution in [0.25, 0.3) is 0 Å². The lowest BCUT2D eigenvalue weighted by Crippen LogP contribution is -2.48. The summed E-state index contributed by atoms with van der Waals surface area (Å²) < 4.78 is 11.5. The molecule has 0 aromatic heterocycles. The van der Waals surface area contributed by atoms with Gasteiger partial charge in [0.25, 0.3) is 0 Å². The summed E-state index contributed by atoms with van der Waals surface area (Å²) >= 11 is 0. The van der Waals surface area contributed by atoms with E-state index in [1.807, 2.05) is 24.1 Å². The van der Waals surface area contributed by atoms with Crippen LogP contribution < -0.4 is 0 Å². The van der Waals surface area contributed by atoms with Crippen LogP contribution >= 0.6 is 0 Å². The molecule has 126 valence electrons. The summed E-state index contributed by atoms with van der Waals surface area (Å²) in [6, 6.07) is 8.21. The van der Waals surface area contributed by atoms with Crippen molar-refractivity contribution in [2.24, 2.45) is 0 Å². The predicted molar refractivity (Wildman–Crippen MR) is 88.0 cm³/mol. The Labute approximate surface area is 138 Å². The number of likely N-dealkylation sites (tertiary alicyclic amines) is 1. The van der Waals surface area contributed by atoms with Gasteiger partial charge in [0.2, 0.25) is 5.91 Å². The Hall–Kier alpha value is -1.43. The molecule has 3 rings (SSSR count). The van der Waals surface area contributed by atoms with Gasteiger partial charge in [-0.05, 0) is 18.1 Å². The number of carbonyl (C=O) groups is 1. The van der Waals surface area contributed by atoms with Crippen molar-refractivity contribution in [3.05, 3.63) is 35.4 Å². The molecule has 2 fully saturated rings. The summed E-state index contributed by atoms with van der Waals surface area (Å²) in [5.74, 6) is -0.204. The Bertz CT molecular complexity index is 545. The van der Waals surface area contributed by atoms with Crippen LogP contribution in [0.2, 0.25) is 0 Å². The maximum Gasteiger partial charge on any atom is 0.236 e. The van der Waals surface area contributed by atoms with Crippen molar-refractivity contribution < 1.29 is 14.3 Å². The molecule has 0 atom stereocenters. The molecule has 0 bridgehead atoms. The highest BCUT2D eigenvalue weighted by atomic mass is 16.7. The first-order chi connectivity index (χ1) is 11.1. The Balaban J connectivity index is 1.48. The zero-order chi connectivity index (χ0) is 16.3. The van der Waals surface area contributed by atoms with Gasteiger partial charge in [0.05, 0.1) is 19.8 Å². The minimum Gasteiger partial charge on any atom is -0.347 e. The van der Waals surface area contributed by atoms with Gasteiger partial charge in [-0.1, -0.05) is 24.3 Å². The van der Waals surface area contributed by atoms with Gasteiger partial charge >= 0.3 is 0 Å². The van der Waals surface area contributed by atoms with Gasteiger partial charge in [-0.3, -0.25) is 9.69 Å². The van der Waals surface area contributed by atoms with E-state index in [2.05, 4.69) is 24.0 Å². The molecular formula is C18H26N2O3. The number of piperidine rings is 1. The van der Waals surface area contributed by atoms with Crippen molar-refractivity contribution >= 4 is 5.91 Å². The quantitative estimate of drug-likeness (QED) is 0.849. The van der Waals surface area contributed by atoms with E-state index in [0.29, 0.717) is 26.3 Å². The minimum absolute atomic E-state index is 0.164. The summed E-state index contributed by atoms with van der Waals surface area (Å²) in [5, 5.41) is 0. The smallest absolute Gasteiger partial charge is 0.236 e. The van der Waals surface area contributed by atoms with Gasteiger partial charge in [0.1, 0.15) is 0 Å². The number of carbonyl (C=O) groups excluding carboxylic acids is 1. The van der Waals surface area contributed by atoms with Crippen LogP contribution in [-0.2, 0) is 20.8 Å². The largest absolute Gasteiger partial charge is 0.347 e. The average Bonchev–Trinajstić information content (AvgIpc) is 3.00.